The number of carboxylic acid groups (broad SMARTS) is 2. The van der Waals surface area contributed by atoms with Crippen molar-refractivity contribution < 1.29 is 34.2 Å². The van der Waals surface area contributed by atoms with Gasteiger partial charge in [0.1, 0.15) is 12.1 Å². The Morgan fingerprint density at radius 3 is 2.10 bits per heavy atom. The molecule has 0 aliphatic heterocycles. The molecule has 3 amide bonds. The van der Waals surface area contributed by atoms with E-state index in [1.54, 1.807) is 11.3 Å². The molecule has 204 valence electrons. The second-order valence-electron chi connectivity index (χ2n) is 8.88. The van der Waals surface area contributed by atoms with Gasteiger partial charge in [-0.05, 0) is 46.5 Å². The Kier molecular flexibility index (Phi) is 10.3. The van der Waals surface area contributed by atoms with E-state index in [9.17, 15) is 24.0 Å². The number of carboxylic acids is 2. The van der Waals surface area contributed by atoms with Gasteiger partial charge in [0, 0.05) is 17.7 Å². The molecule has 6 N–H and O–H groups in total. The van der Waals surface area contributed by atoms with Crippen molar-refractivity contribution in [3.05, 3.63) is 71.6 Å². The molecule has 1 unspecified atom stereocenters. The number of thiophene rings is 1. The van der Waals surface area contributed by atoms with E-state index >= 15 is 0 Å². The summed E-state index contributed by atoms with van der Waals surface area (Å²) >= 11 is 1.64. The molecule has 0 radical (unpaired) electrons. The number of nitrogens with two attached hydrogens (primary N) is 1. The number of benzene rings is 2. The molecule has 0 saturated carbocycles. The molecule has 10 nitrogen and oxygen atoms in total. The van der Waals surface area contributed by atoms with Crippen molar-refractivity contribution in [1.82, 2.24) is 10.6 Å². The number of carbonyl (C=O) groups excluding carboxylic acids is 3. The first-order chi connectivity index (χ1) is 18.6. The minimum atomic E-state index is -1.50. The summed E-state index contributed by atoms with van der Waals surface area (Å²) in [6.07, 6.45) is -1.000. The Bertz CT molecular complexity index is 1320. The summed E-state index contributed by atoms with van der Waals surface area (Å²) < 4.78 is 0. The SMILES string of the molecule is NC(=O)[C@H](CC(=O)O)NC(=O)C(CCC(=O)O)NC(=O)CCc1ccc(-c2cc(-c3ccccc3)cs2)cc1. The maximum absolute atomic E-state index is 12.6. The molecule has 0 spiro atoms. The summed E-state index contributed by atoms with van der Waals surface area (Å²) in [5.41, 5.74) is 9.38. The van der Waals surface area contributed by atoms with Crippen LogP contribution in [-0.4, -0.2) is 52.0 Å². The number of amides is 3. The lowest BCUT2D eigenvalue weighted by Crippen LogP contribution is -2.53. The molecule has 0 saturated heterocycles. The van der Waals surface area contributed by atoms with Crippen molar-refractivity contribution in [3.8, 4) is 21.6 Å². The molecule has 0 aliphatic carbocycles. The Morgan fingerprint density at radius 1 is 0.795 bits per heavy atom. The van der Waals surface area contributed by atoms with Gasteiger partial charge in [0.25, 0.3) is 0 Å². The van der Waals surface area contributed by atoms with Crippen molar-refractivity contribution in [2.24, 2.45) is 5.73 Å². The molecule has 39 heavy (non-hydrogen) atoms. The zero-order valence-electron chi connectivity index (χ0n) is 21.0. The van der Waals surface area contributed by atoms with Crippen molar-refractivity contribution in [1.29, 1.82) is 0 Å². The largest absolute Gasteiger partial charge is 0.481 e. The van der Waals surface area contributed by atoms with Gasteiger partial charge in [-0.25, -0.2) is 0 Å². The number of aryl methyl sites for hydroxylation is 1. The fraction of sp³-hybridized carbons (Fsp3) is 0.250. The van der Waals surface area contributed by atoms with Gasteiger partial charge in [0.15, 0.2) is 0 Å². The fourth-order valence-electron chi connectivity index (χ4n) is 3.84. The van der Waals surface area contributed by atoms with Crippen molar-refractivity contribution in [2.45, 2.75) is 44.2 Å². The van der Waals surface area contributed by atoms with Gasteiger partial charge in [-0.15, -0.1) is 11.3 Å². The van der Waals surface area contributed by atoms with Crippen molar-refractivity contribution in [3.63, 3.8) is 0 Å². The third-order valence-corrected chi connectivity index (χ3v) is 6.90. The van der Waals surface area contributed by atoms with E-state index in [0.29, 0.717) is 6.42 Å². The van der Waals surface area contributed by atoms with Crippen LogP contribution in [-0.2, 0) is 30.4 Å². The number of primary amides is 1. The molecule has 0 aliphatic rings. The standard InChI is InChI=1S/C28H29N3O7S/c29-27(37)22(15-26(35)36)31-28(38)21(11-13-25(33)34)30-24(32)12-8-17-6-9-19(10-7-17)23-14-20(16-39-23)18-4-2-1-3-5-18/h1-7,9-10,14,16,21-22H,8,11-13,15H2,(H2,29,37)(H,30,32)(H,31,38)(H,33,34)(H,35,36)/t21?,22-/m0/s1. The highest BCUT2D eigenvalue weighted by Gasteiger charge is 2.27. The smallest absolute Gasteiger partial charge is 0.305 e. The summed E-state index contributed by atoms with van der Waals surface area (Å²) in [5, 5.41) is 24.7. The van der Waals surface area contributed by atoms with E-state index in [2.05, 4.69) is 34.2 Å². The predicted molar refractivity (Wildman–Crippen MR) is 146 cm³/mol. The molecule has 0 bridgehead atoms. The molecule has 11 heteroatoms. The van der Waals surface area contributed by atoms with Gasteiger partial charge < -0.3 is 26.6 Å². The molecule has 1 heterocycles. The second-order valence-corrected chi connectivity index (χ2v) is 9.79. The van der Waals surface area contributed by atoms with Gasteiger partial charge in [-0.2, -0.15) is 0 Å². The number of hydrogen-bond acceptors (Lipinski definition) is 6. The maximum atomic E-state index is 12.6. The minimum Gasteiger partial charge on any atom is -0.481 e. The lowest BCUT2D eigenvalue weighted by atomic mass is 10.0. The number of hydrogen-bond donors (Lipinski definition) is 5. The van der Waals surface area contributed by atoms with Crippen molar-refractivity contribution in [2.75, 3.05) is 0 Å². The Morgan fingerprint density at radius 2 is 1.49 bits per heavy atom. The number of carbonyl (C=O) groups is 5. The first-order valence-electron chi connectivity index (χ1n) is 12.2. The van der Waals surface area contributed by atoms with E-state index < -0.39 is 54.6 Å². The van der Waals surface area contributed by atoms with Gasteiger partial charge >= 0.3 is 11.9 Å². The lowest BCUT2D eigenvalue weighted by Gasteiger charge is -2.21. The van der Waals surface area contributed by atoms with Crippen LogP contribution >= 0.6 is 11.3 Å². The lowest BCUT2D eigenvalue weighted by molar-refractivity contribution is -0.140. The zero-order valence-corrected chi connectivity index (χ0v) is 21.8. The third-order valence-electron chi connectivity index (χ3n) is 5.92. The van der Waals surface area contributed by atoms with E-state index in [1.165, 1.54) is 0 Å². The van der Waals surface area contributed by atoms with Gasteiger partial charge in [-0.1, -0.05) is 54.6 Å². The highest BCUT2D eigenvalue weighted by atomic mass is 32.1. The molecule has 1 aromatic heterocycles. The third kappa shape index (κ3) is 9.08. The van der Waals surface area contributed by atoms with Gasteiger partial charge in [0.2, 0.25) is 17.7 Å². The zero-order chi connectivity index (χ0) is 28.4. The van der Waals surface area contributed by atoms with Crippen LogP contribution in [0.5, 0.6) is 0 Å². The van der Waals surface area contributed by atoms with Gasteiger partial charge in [0.05, 0.1) is 6.42 Å². The highest BCUT2D eigenvalue weighted by Crippen LogP contribution is 2.32. The topological polar surface area (TPSA) is 176 Å². The summed E-state index contributed by atoms with van der Waals surface area (Å²) in [6.45, 7) is 0. The van der Waals surface area contributed by atoms with Crippen LogP contribution < -0.4 is 16.4 Å². The Hall–Kier alpha value is -4.51. The van der Waals surface area contributed by atoms with Crippen LogP contribution in [0.15, 0.2) is 66.0 Å². The summed E-state index contributed by atoms with van der Waals surface area (Å²) in [5.74, 6) is -4.97. The van der Waals surface area contributed by atoms with Gasteiger partial charge in [-0.3, -0.25) is 24.0 Å². The van der Waals surface area contributed by atoms with E-state index in [-0.39, 0.29) is 12.8 Å². The van der Waals surface area contributed by atoms with Crippen LogP contribution in [0, 0.1) is 0 Å². The number of nitrogens with one attached hydrogen (secondary N) is 2. The summed E-state index contributed by atoms with van der Waals surface area (Å²) in [7, 11) is 0. The minimum absolute atomic E-state index is 0.0295. The summed E-state index contributed by atoms with van der Waals surface area (Å²) in [4.78, 5) is 59.7. The molecule has 3 rings (SSSR count). The predicted octanol–water partition coefficient (Wildman–Crippen LogP) is 2.81. The van der Waals surface area contributed by atoms with Crippen LogP contribution in [0.2, 0.25) is 0 Å². The second kappa shape index (κ2) is 13.9. The van der Waals surface area contributed by atoms with Crippen LogP contribution in [0.3, 0.4) is 0 Å². The number of aliphatic carboxylic acids is 2. The molecular weight excluding hydrogens is 522 g/mol. The number of rotatable bonds is 14. The quantitative estimate of drug-likeness (QED) is 0.205. The van der Waals surface area contributed by atoms with E-state index in [0.717, 1.165) is 27.1 Å². The van der Waals surface area contributed by atoms with E-state index in [4.69, 9.17) is 15.9 Å². The summed E-state index contributed by atoms with van der Waals surface area (Å²) in [6, 6.07) is 17.2. The van der Waals surface area contributed by atoms with Crippen LogP contribution in [0.25, 0.3) is 21.6 Å². The van der Waals surface area contributed by atoms with Crippen molar-refractivity contribution >= 4 is 41.0 Å². The average Bonchev–Trinajstić information content (AvgIpc) is 3.40. The molecule has 3 aromatic rings. The molecule has 2 aromatic carbocycles. The van der Waals surface area contributed by atoms with Crippen LogP contribution in [0.4, 0.5) is 0 Å². The highest BCUT2D eigenvalue weighted by molar-refractivity contribution is 7.14. The average molecular weight is 552 g/mol. The molecular formula is C28H29N3O7S. The first-order valence-corrected chi connectivity index (χ1v) is 13.1. The van der Waals surface area contributed by atoms with Crippen LogP contribution in [0.1, 0.15) is 31.2 Å². The maximum Gasteiger partial charge on any atom is 0.305 e. The normalized spacial score (nSPS) is 12.2. The first kappa shape index (κ1) is 29.1. The molecule has 2 atom stereocenters. The fourth-order valence-corrected chi connectivity index (χ4v) is 4.76. The molecule has 0 fully saturated rings. The monoisotopic (exact) mass is 551 g/mol. The van der Waals surface area contributed by atoms with E-state index in [1.807, 2.05) is 42.5 Å². The Balaban J connectivity index is 1.58. The Labute approximate surface area is 228 Å².